The number of amides is 1. The zero-order valence-electron chi connectivity index (χ0n) is 14.2. The monoisotopic (exact) mass is 376 g/mol. The van der Waals surface area contributed by atoms with E-state index in [1.165, 1.54) is 16.4 Å². The van der Waals surface area contributed by atoms with Crippen LogP contribution in [0.1, 0.15) is 0 Å². The molecule has 0 saturated carbocycles. The third-order valence-corrected chi connectivity index (χ3v) is 4.90. The fourth-order valence-corrected chi connectivity index (χ4v) is 3.35. The van der Waals surface area contributed by atoms with Crippen LogP contribution in [0.4, 0.5) is 5.69 Å². The number of nitrogens with zero attached hydrogens (tertiary/aromatic N) is 4. The zero-order chi connectivity index (χ0) is 18.6. The number of aromatic nitrogens is 4. The number of nitrogens with two attached hydrogens (primary N) is 1. The Labute approximate surface area is 159 Å². The number of thioether (sulfide) groups is 1. The summed E-state index contributed by atoms with van der Waals surface area (Å²) in [5, 5.41) is 13.6. The predicted octanol–water partition coefficient (Wildman–Crippen LogP) is 2.94. The van der Waals surface area contributed by atoms with Crippen LogP contribution >= 0.6 is 11.8 Å². The van der Waals surface area contributed by atoms with Crippen LogP contribution in [0.25, 0.3) is 22.3 Å². The molecule has 4 aromatic rings. The van der Waals surface area contributed by atoms with Gasteiger partial charge in [0, 0.05) is 17.3 Å². The van der Waals surface area contributed by atoms with Crippen LogP contribution in [0.15, 0.2) is 72.0 Å². The minimum Gasteiger partial charge on any atom is -0.335 e. The van der Waals surface area contributed by atoms with Gasteiger partial charge in [-0.2, -0.15) is 0 Å². The summed E-state index contributed by atoms with van der Waals surface area (Å²) >= 11 is 1.22. The molecule has 7 nitrogen and oxygen atoms in total. The first-order valence-corrected chi connectivity index (χ1v) is 9.23. The summed E-state index contributed by atoms with van der Waals surface area (Å²) in [6, 6.07) is 19.2. The first-order chi connectivity index (χ1) is 13.2. The van der Waals surface area contributed by atoms with Gasteiger partial charge in [0.25, 0.3) is 0 Å². The second-order valence-corrected chi connectivity index (χ2v) is 6.70. The van der Waals surface area contributed by atoms with Crippen LogP contribution in [0, 0.1) is 0 Å². The fraction of sp³-hybridized carbons (Fsp3) is 0.0526. The highest BCUT2D eigenvalue weighted by Gasteiger charge is 2.14. The summed E-state index contributed by atoms with van der Waals surface area (Å²) in [5.74, 6) is 6.53. The van der Waals surface area contributed by atoms with Crippen LogP contribution in [0.3, 0.4) is 0 Å². The van der Waals surface area contributed by atoms with Crippen LogP contribution in [0.2, 0.25) is 0 Å². The largest absolute Gasteiger partial charge is 0.335 e. The first-order valence-electron chi connectivity index (χ1n) is 8.24. The van der Waals surface area contributed by atoms with Crippen molar-refractivity contribution in [3.05, 3.63) is 66.9 Å². The molecule has 0 spiro atoms. The molecule has 8 heteroatoms. The molecule has 0 radical (unpaired) electrons. The third-order valence-electron chi connectivity index (χ3n) is 3.95. The molecule has 0 fully saturated rings. The number of benzene rings is 2. The second kappa shape index (κ2) is 7.46. The molecule has 27 heavy (non-hydrogen) atoms. The summed E-state index contributed by atoms with van der Waals surface area (Å²) in [6.07, 6.45) is 1.66. The number of fused-ring (bicyclic) bond motifs is 1. The number of rotatable bonds is 5. The molecule has 4 rings (SSSR count). The van der Waals surface area contributed by atoms with E-state index < -0.39 is 0 Å². The SMILES string of the molecule is Nn1c(SCC(=O)Nc2cccc3ccccc23)nnc1-c1ccccn1. The highest BCUT2D eigenvalue weighted by Crippen LogP contribution is 2.24. The van der Waals surface area contributed by atoms with Crippen molar-refractivity contribution in [2.24, 2.45) is 0 Å². The van der Waals surface area contributed by atoms with Crippen molar-refractivity contribution in [3.63, 3.8) is 0 Å². The van der Waals surface area contributed by atoms with E-state index >= 15 is 0 Å². The van der Waals surface area contributed by atoms with Crippen molar-refractivity contribution < 1.29 is 4.79 Å². The smallest absolute Gasteiger partial charge is 0.234 e. The number of hydrogen-bond donors (Lipinski definition) is 2. The number of carbonyl (C=O) groups is 1. The van der Waals surface area contributed by atoms with Crippen LogP contribution in [-0.2, 0) is 4.79 Å². The van der Waals surface area contributed by atoms with Gasteiger partial charge in [0.1, 0.15) is 5.69 Å². The molecule has 0 bridgehead atoms. The maximum atomic E-state index is 12.4. The van der Waals surface area contributed by atoms with Crippen LogP contribution < -0.4 is 11.2 Å². The van der Waals surface area contributed by atoms with Gasteiger partial charge in [0.05, 0.1) is 5.75 Å². The van der Waals surface area contributed by atoms with E-state index in [9.17, 15) is 4.79 Å². The topological polar surface area (TPSA) is 98.7 Å². The lowest BCUT2D eigenvalue weighted by Crippen LogP contribution is -2.16. The lowest BCUT2D eigenvalue weighted by Gasteiger charge is -2.08. The highest BCUT2D eigenvalue weighted by molar-refractivity contribution is 7.99. The highest BCUT2D eigenvalue weighted by atomic mass is 32.2. The quantitative estimate of drug-likeness (QED) is 0.410. The number of nitrogen functional groups attached to an aromatic ring is 1. The fourth-order valence-electron chi connectivity index (χ4n) is 2.70. The molecule has 134 valence electrons. The summed E-state index contributed by atoms with van der Waals surface area (Å²) in [5.41, 5.74) is 1.40. The maximum absolute atomic E-state index is 12.4. The van der Waals surface area contributed by atoms with Gasteiger partial charge < -0.3 is 11.2 Å². The van der Waals surface area contributed by atoms with Gasteiger partial charge in [-0.1, -0.05) is 54.2 Å². The molecule has 2 aromatic carbocycles. The molecule has 3 N–H and O–H groups in total. The Balaban J connectivity index is 1.45. The molecule has 0 aliphatic carbocycles. The van der Waals surface area contributed by atoms with Gasteiger partial charge in [-0.25, -0.2) is 4.68 Å². The van der Waals surface area contributed by atoms with Gasteiger partial charge in [0.2, 0.25) is 16.9 Å². The maximum Gasteiger partial charge on any atom is 0.234 e. The van der Waals surface area contributed by atoms with Crippen molar-refractivity contribution in [3.8, 4) is 11.5 Å². The molecule has 2 aromatic heterocycles. The van der Waals surface area contributed by atoms with Gasteiger partial charge in [-0.3, -0.25) is 9.78 Å². The lowest BCUT2D eigenvalue weighted by molar-refractivity contribution is -0.113. The van der Waals surface area contributed by atoms with Crippen molar-refractivity contribution >= 4 is 34.1 Å². The molecule has 1 amide bonds. The average molecular weight is 376 g/mol. The number of carbonyl (C=O) groups excluding carboxylic acids is 1. The molecule has 0 unspecified atom stereocenters. The minimum absolute atomic E-state index is 0.140. The van der Waals surface area contributed by atoms with E-state index in [1.807, 2.05) is 54.6 Å². The lowest BCUT2D eigenvalue weighted by atomic mass is 10.1. The van der Waals surface area contributed by atoms with Gasteiger partial charge in [0.15, 0.2) is 0 Å². The standard InChI is InChI=1S/C19H16N6OS/c20-25-18(16-9-3-4-11-21-16)23-24-19(25)27-12-17(26)22-15-10-5-7-13-6-1-2-8-14(13)15/h1-11H,12,20H2,(H,22,26). The van der Waals surface area contributed by atoms with E-state index in [0.717, 1.165) is 16.5 Å². The van der Waals surface area contributed by atoms with E-state index in [1.54, 1.807) is 12.3 Å². The van der Waals surface area contributed by atoms with Crippen LogP contribution in [0.5, 0.6) is 0 Å². The molecule has 2 heterocycles. The summed E-state index contributed by atoms with van der Waals surface area (Å²) in [6.45, 7) is 0. The van der Waals surface area contributed by atoms with E-state index in [4.69, 9.17) is 5.84 Å². The third kappa shape index (κ3) is 3.61. The Bertz CT molecular complexity index is 1090. The normalized spacial score (nSPS) is 10.8. The van der Waals surface area contributed by atoms with E-state index in [0.29, 0.717) is 16.7 Å². The van der Waals surface area contributed by atoms with Gasteiger partial charge in [-0.15, -0.1) is 10.2 Å². The predicted molar refractivity (Wildman–Crippen MR) is 107 cm³/mol. The first kappa shape index (κ1) is 17.0. The summed E-state index contributed by atoms with van der Waals surface area (Å²) in [7, 11) is 0. The summed E-state index contributed by atoms with van der Waals surface area (Å²) < 4.78 is 1.35. The Hall–Kier alpha value is -3.39. The molecular formula is C19H16N6OS. The molecule has 0 saturated heterocycles. The second-order valence-electron chi connectivity index (χ2n) is 5.75. The van der Waals surface area contributed by atoms with Crippen molar-refractivity contribution in [1.29, 1.82) is 0 Å². The van der Waals surface area contributed by atoms with Crippen LogP contribution in [-0.4, -0.2) is 31.5 Å². The molecule has 0 aliphatic rings. The zero-order valence-corrected chi connectivity index (χ0v) is 15.1. The van der Waals surface area contributed by atoms with E-state index in [-0.39, 0.29) is 11.7 Å². The van der Waals surface area contributed by atoms with Gasteiger partial charge >= 0.3 is 0 Å². The molecular weight excluding hydrogens is 360 g/mol. The summed E-state index contributed by atoms with van der Waals surface area (Å²) in [4.78, 5) is 16.6. The Morgan fingerprint density at radius 3 is 2.70 bits per heavy atom. The van der Waals surface area contributed by atoms with E-state index in [2.05, 4.69) is 20.5 Å². The Kier molecular flexibility index (Phi) is 4.71. The van der Waals surface area contributed by atoms with Crippen molar-refractivity contribution in [1.82, 2.24) is 19.9 Å². The van der Waals surface area contributed by atoms with Crippen molar-refractivity contribution in [2.45, 2.75) is 5.16 Å². The number of hydrogen-bond acceptors (Lipinski definition) is 6. The number of nitrogens with one attached hydrogen (secondary N) is 1. The minimum atomic E-state index is -0.140. The molecule has 0 atom stereocenters. The number of anilines is 1. The number of pyridine rings is 1. The molecule has 0 aliphatic heterocycles. The van der Waals surface area contributed by atoms with Crippen molar-refractivity contribution in [2.75, 3.05) is 16.9 Å². The Morgan fingerprint density at radius 2 is 1.85 bits per heavy atom. The average Bonchev–Trinajstić information content (AvgIpc) is 3.08. The van der Waals surface area contributed by atoms with Gasteiger partial charge in [-0.05, 0) is 23.6 Å². The Morgan fingerprint density at radius 1 is 1.04 bits per heavy atom.